The van der Waals surface area contributed by atoms with Crippen molar-refractivity contribution < 1.29 is 14.4 Å². The van der Waals surface area contributed by atoms with Crippen LogP contribution in [0.15, 0.2) is 0 Å². The summed E-state index contributed by atoms with van der Waals surface area (Å²) in [4.78, 5) is 31.9. The van der Waals surface area contributed by atoms with E-state index in [0.717, 1.165) is 0 Å². The summed E-state index contributed by atoms with van der Waals surface area (Å²) >= 11 is 0. The summed E-state index contributed by atoms with van der Waals surface area (Å²) in [7, 11) is 0. The zero-order chi connectivity index (χ0) is 8.43. The second-order valence-electron chi connectivity index (χ2n) is 2.36. The fourth-order valence-electron chi connectivity index (χ4n) is 1.02. The van der Waals surface area contributed by atoms with Crippen LogP contribution in [0.3, 0.4) is 0 Å². The molecule has 1 aliphatic heterocycles. The maximum Gasteiger partial charge on any atom is 0.285 e. The van der Waals surface area contributed by atoms with Gasteiger partial charge in [-0.05, 0) is 6.42 Å². The van der Waals surface area contributed by atoms with Crippen LogP contribution in [0.25, 0.3) is 0 Å². The first-order valence-electron chi connectivity index (χ1n) is 3.24. The van der Waals surface area contributed by atoms with Gasteiger partial charge in [0, 0.05) is 6.54 Å². The minimum Gasteiger partial charge on any atom is -0.363 e. The number of primary amides is 1. The summed E-state index contributed by atoms with van der Waals surface area (Å²) < 4.78 is 0. The second-order valence-corrected chi connectivity index (χ2v) is 2.36. The molecule has 11 heavy (non-hydrogen) atoms. The van der Waals surface area contributed by atoms with Crippen LogP contribution in [-0.2, 0) is 14.4 Å². The Morgan fingerprint density at radius 2 is 2.18 bits per heavy atom. The molecule has 0 aromatic rings. The molecule has 1 saturated heterocycles. The van der Waals surface area contributed by atoms with Gasteiger partial charge in [-0.25, -0.2) is 0 Å². The van der Waals surface area contributed by atoms with E-state index in [1.165, 1.54) is 0 Å². The summed E-state index contributed by atoms with van der Waals surface area (Å²) in [6.45, 7) is 0.447. The first kappa shape index (κ1) is 7.71. The third kappa shape index (κ3) is 1.36. The van der Waals surface area contributed by atoms with Crippen molar-refractivity contribution in [2.45, 2.75) is 6.42 Å². The van der Waals surface area contributed by atoms with E-state index in [4.69, 9.17) is 5.73 Å². The van der Waals surface area contributed by atoms with Crippen LogP contribution < -0.4 is 11.1 Å². The third-order valence-electron chi connectivity index (χ3n) is 1.61. The van der Waals surface area contributed by atoms with Crippen LogP contribution in [0.4, 0.5) is 0 Å². The Labute approximate surface area is 62.9 Å². The summed E-state index contributed by atoms with van der Waals surface area (Å²) in [5.41, 5.74) is 4.71. The smallest absolute Gasteiger partial charge is 0.285 e. The molecule has 5 nitrogen and oxygen atoms in total. The van der Waals surface area contributed by atoms with Gasteiger partial charge in [0.15, 0.2) is 0 Å². The molecule has 0 radical (unpaired) electrons. The lowest BCUT2D eigenvalue weighted by atomic mass is 10.0. The van der Waals surface area contributed by atoms with E-state index in [-0.39, 0.29) is 0 Å². The van der Waals surface area contributed by atoms with Gasteiger partial charge in [0.25, 0.3) is 5.91 Å². The first-order chi connectivity index (χ1) is 5.13. The monoisotopic (exact) mass is 156 g/mol. The second kappa shape index (κ2) is 2.69. The highest BCUT2D eigenvalue weighted by Gasteiger charge is 2.33. The van der Waals surface area contributed by atoms with Crippen LogP contribution in [-0.4, -0.2) is 24.1 Å². The molecule has 1 aliphatic rings. The zero-order valence-corrected chi connectivity index (χ0v) is 5.79. The van der Waals surface area contributed by atoms with Crippen LogP contribution in [0, 0.1) is 5.92 Å². The lowest BCUT2D eigenvalue weighted by Crippen LogP contribution is -2.34. The van der Waals surface area contributed by atoms with E-state index in [9.17, 15) is 14.4 Å². The molecule has 2 amide bonds. The summed E-state index contributed by atoms with van der Waals surface area (Å²) in [6.07, 6.45) is 0.376. The minimum atomic E-state index is -1.04. The largest absolute Gasteiger partial charge is 0.363 e. The number of nitrogens with one attached hydrogen (secondary N) is 1. The molecule has 1 unspecified atom stereocenters. The SMILES string of the molecule is NC(=O)C(=O)C1CCNC1=O. The van der Waals surface area contributed by atoms with E-state index in [1.807, 2.05) is 0 Å². The van der Waals surface area contributed by atoms with Gasteiger partial charge in [0.1, 0.15) is 5.92 Å². The minimum absolute atomic E-state index is 0.376. The van der Waals surface area contributed by atoms with E-state index in [2.05, 4.69) is 5.32 Å². The summed E-state index contributed by atoms with van der Waals surface area (Å²) in [5.74, 6) is -3.06. The zero-order valence-electron chi connectivity index (χ0n) is 5.79. The number of hydrogen-bond acceptors (Lipinski definition) is 3. The Balaban J connectivity index is 2.67. The van der Waals surface area contributed by atoms with Crippen molar-refractivity contribution in [3.8, 4) is 0 Å². The van der Waals surface area contributed by atoms with Crippen LogP contribution >= 0.6 is 0 Å². The molecule has 1 heterocycles. The van der Waals surface area contributed by atoms with Gasteiger partial charge in [-0.3, -0.25) is 14.4 Å². The molecular formula is C6H8N2O3. The van der Waals surface area contributed by atoms with E-state index in [1.54, 1.807) is 0 Å². The predicted molar refractivity (Wildman–Crippen MR) is 35.3 cm³/mol. The average molecular weight is 156 g/mol. The number of carbonyl (C=O) groups is 3. The van der Waals surface area contributed by atoms with Crippen LogP contribution in [0.5, 0.6) is 0 Å². The van der Waals surface area contributed by atoms with E-state index >= 15 is 0 Å². The Morgan fingerprint density at radius 3 is 2.55 bits per heavy atom. The molecule has 5 heteroatoms. The lowest BCUT2D eigenvalue weighted by Gasteiger charge is -1.99. The molecule has 0 aliphatic carbocycles. The first-order valence-corrected chi connectivity index (χ1v) is 3.24. The molecule has 3 N–H and O–H groups in total. The number of amides is 2. The molecule has 1 atom stereocenters. The van der Waals surface area contributed by atoms with Crippen molar-refractivity contribution in [1.29, 1.82) is 0 Å². The van der Waals surface area contributed by atoms with Gasteiger partial charge in [-0.15, -0.1) is 0 Å². The Kier molecular flexibility index (Phi) is 1.89. The van der Waals surface area contributed by atoms with Crippen molar-refractivity contribution in [3.05, 3.63) is 0 Å². The average Bonchev–Trinajstić information content (AvgIpc) is 2.33. The Bertz CT molecular complexity index is 224. The van der Waals surface area contributed by atoms with Crippen molar-refractivity contribution in [2.75, 3.05) is 6.54 Å². The van der Waals surface area contributed by atoms with Gasteiger partial charge in [0.2, 0.25) is 11.7 Å². The number of rotatable bonds is 2. The molecule has 60 valence electrons. The fraction of sp³-hybridized carbons (Fsp3) is 0.500. The quantitative estimate of drug-likeness (QED) is 0.364. The molecular weight excluding hydrogens is 148 g/mol. The normalized spacial score (nSPS) is 22.9. The fourth-order valence-corrected chi connectivity index (χ4v) is 1.02. The molecule has 0 spiro atoms. The number of ketones is 1. The predicted octanol–water partition coefficient (Wildman–Crippen LogP) is -1.82. The topological polar surface area (TPSA) is 89.3 Å². The van der Waals surface area contributed by atoms with Crippen molar-refractivity contribution in [2.24, 2.45) is 11.7 Å². The molecule has 0 bridgehead atoms. The molecule has 0 aromatic carbocycles. The molecule has 1 fully saturated rings. The number of Topliss-reactive ketones (excluding diaryl/α,β-unsaturated/α-hetero) is 1. The van der Waals surface area contributed by atoms with Crippen molar-refractivity contribution in [3.63, 3.8) is 0 Å². The maximum absolute atomic E-state index is 10.8. The Hall–Kier alpha value is -1.39. The van der Waals surface area contributed by atoms with Gasteiger partial charge in [0.05, 0.1) is 0 Å². The van der Waals surface area contributed by atoms with Gasteiger partial charge in [-0.2, -0.15) is 0 Å². The highest BCUT2D eigenvalue weighted by atomic mass is 16.2. The van der Waals surface area contributed by atoms with Gasteiger partial charge >= 0.3 is 0 Å². The Morgan fingerprint density at radius 1 is 1.55 bits per heavy atom. The number of carbonyl (C=O) groups excluding carboxylic acids is 3. The molecule has 1 rings (SSSR count). The molecule has 0 saturated carbocycles. The number of nitrogens with two attached hydrogens (primary N) is 1. The van der Waals surface area contributed by atoms with Crippen molar-refractivity contribution >= 4 is 17.6 Å². The van der Waals surface area contributed by atoms with E-state index in [0.29, 0.717) is 13.0 Å². The summed E-state index contributed by atoms with van der Waals surface area (Å²) in [6, 6.07) is 0. The highest BCUT2D eigenvalue weighted by molar-refractivity contribution is 6.40. The summed E-state index contributed by atoms with van der Waals surface area (Å²) in [5, 5.41) is 2.44. The maximum atomic E-state index is 10.8. The third-order valence-corrected chi connectivity index (χ3v) is 1.61. The highest BCUT2D eigenvalue weighted by Crippen LogP contribution is 2.09. The number of hydrogen-bond donors (Lipinski definition) is 2. The van der Waals surface area contributed by atoms with Crippen LogP contribution in [0.2, 0.25) is 0 Å². The van der Waals surface area contributed by atoms with E-state index < -0.39 is 23.5 Å². The van der Waals surface area contributed by atoms with Crippen molar-refractivity contribution in [1.82, 2.24) is 5.32 Å². The lowest BCUT2D eigenvalue weighted by molar-refractivity contribution is -0.141. The van der Waals surface area contributed by atoms with Crippen LogP contribution in [0.1, 0.15) is 6.42 Å². The van der Waals surface area contributed by atoms with Gasteiger partial charge < -0.3 is 11.1 Å². The van der Waals surface area contributed by atoms with Gasteiger partial charge in [-0.1, -0.05) is 0 Å². The standard InChI is InChI=1S/C6H8N2O3/c7-5(10)4(9)3-1-2-8-6(3)11/h3H,1-2H2,(H2,7,10)(H,8,11). The molecule has 0 aromatic heterocycles.